The van der Waals surface area contributed by atoms with Crippen molar-refractivity contribution in [2.24, 2.45) is 0 Å². The van der Waals surface area contributed by atoms with Gasteiger partial charge in [0, 0.05) is 17.6 Å². The molecule has 0 saturated heterocycles. The van der Waals surface area contributed by atoms with E-state index < -0.39 is 11.6 Å². The lowest BCUT2D eigenvalue weighted by Crippen LogP contribution is -2.19. The Morgan fingerprint density at radius 1 is 1.05 bits per heavy atom. The highest BCUT2D eigenvalue weighted by atomic mass is 79.9. The SMILES string of the molecule is CCN(c1ccc(C)cc1)c1c(F)cc(CBr)cc1F. The van der Waals surface area contributed by atoms with Crippen molar-refractivity contribution >= 4 is 27.3 Å². The molecule has 0 aliphatic carbocycles. The van der Waals surface area contributed by atoms with Crippen LogP contribution in [0.25, 0.3) is 0 Å². The molecule has 0 aromatic heterocycles. The number of hydrogen-bond donors (Lipinski definition) is 0. The van der Waals surface area contributed by atoms with Crippen molar-refractivity contribution in [3.05, 3.63) is 59.2 Å². The second kappa shape index (κ2) is 6.35. The Balaban J connectivity index is 2.49. The lowest BCUT2D eigenvalue weighted by molar-refractivity contribution is 0.579. The van der Waals surface area contributed by atoms with Gasteiger partial charge < -0.3 is 4.90 Å². The van der Waals surface area contributed by atoms with Gasteiger partial charge in [-0.1, -0.05) is 33.6 Å². The molecule has 0 aliphatic rings. The predicted molar refractivity (Wildman–Crippen MR) is 82.8 cm³/mol. The molecule has 0 bridgehead atoms. The number of benzene rings is 2. The summed E-state index contributed by atoms with van der Waals surface area (Å²) in [4.78, 5) is 1.64. The van der Waals surface area contributed by atoms with Crippen molar-refractivity contribution in [3.63, 3.8) is 0 Å². The fourth-order valence-corrected chi connectivity index (χ4v) is 2.47. The second-order valence-electron chi connectivity index (χ2n) is 4.62. The molecule has 106 valence electrons. The summed E-state index contributed by atoms with van der Waals surface area (Å²) in [5.41, 5.74) is 2.48. The van der Waals surface area contributed by atoms with E-state index in [1.54, 1.807) is 4.90 Å². The Labute approximate surface area is 126 Å². The van der Waals surface area contributed by atoms with Crippen molar-refractivity contribution in [2.45, 2.75) is 19.2 Å². The zero-order valence-corrected chi connectivity index (χ0v) is 13.0. The lowest BCUT2D eigenvalue weighted by Gasteiger charge is -2.24. The minimum absolute atomic E-state index is 0.000975. The Morgan fingerprint density at radius 3 is 2.05 bits per heavy atom. The molecule has 0 saturated carbocycles. The summed E-state index contributed by atoms with van der Waals surface area (Å²) in [5.74, 6) is -1.08. The number of rotatable bonds is 4. The summed E-state index contributed by atoms with van der Waals surface area (Å²) in [5, 5.41) is 0.428. The van der Waals surface area contributed by atoms with Crippen molar-refractivity contribution in [1.29, 1.82) is 0 Å². The zero-order valence-electron chi connectivity index (χ0n) is 11.5. The van der Waals surface area contributed by atoms with E-state index in [9.17, 15) is 8.78 Å². The molecule has 0 heterocycles. The van der Waals surface area contributed by atoms with Gasteiger partial charge in [0.1, 0.15) is 17.3 Å². The average Bonchev–Trinajstić information content (AvgIpc) is 2.43. The van der Waals surface area contributed by atoms with Crippen LogP contribution in [0, 0.1) is 18.6 Å². The van der Waals surface area contributed by atoms with Crippen LogP contribution in [0.5, 0.6) is 0 Å². The van der Waals surface area contributed by atoms with E-state index in [-0.39, 0.29) is 5.69 Å². The van der Waals surface area contributed by atoms with E-state index in [0.717, 1.165) is 11.3 Å². The molecule has 0 radical (unpaired) electrons. The third kappa shape index (κ3) is 3.01. The zero-order chi connectivity index (χ0) is 14.7. The second-order valence-corrected chi connectivity index (χ2v) is 5.18. The molecule has 0 fully saturated rings. The third-order valence-corrected chi connectivity index (χ3v) is 3.81. The molecule has 0 N–H and O–H groups in total. The van der Waals surface area contributed by atoms with E-state index in [4.69, 9.17) is 0 Å². The standard InChI is InChI=1S/C16H16BrF2N/c1-3-20(13-6-4-11(2)5-7-13)16-14(18)8-12(10-17)9-15(16)19/h4-9H,3,10H2,1-2H3. The van der Waals surface area contributed by atoms with Gasteiger partial charge in [0.2, 0.25) is 0 Å². The van der Waals surface area contributed by atoms with Gasteiger partial charge >= 0.3 is 0 Å². The van der Waals surface area contributed by atoms with Crippen LogP contribution in [0.3, 0.4) is 0 Å². The Hall–Kier alpha value is -1.42. The molecule has 0 atom stereocenters. The minimum Gasteiger partial charge on any atom is -0.337 e. The molecule has 1 nitrogen and oxygen atoms in total. The van der Waals surface area contributed by atoms with Gasteiger partial charge in [-0.3, -0.25) is 0 Å². The van der Waals surface area contributed by atoms with Crippen LogP contribution in [0.1, 0.15) is 18.1 Å². The molecule has 0 spiro atoms. The summed E-state index contributed by atoms with van der Waals surface area (Å²) < 4.78 is 28.4. The number of anilines is 2. The number of hydrogen-bond acceptors (Lipinski definition) is 1. The molecule has 2 aromatic carbocycles. The van der Waals surface area contributed by atoms with Crippen molar-refractivity contribution in [1.82, 2.24) is 0 Å². The maximum absolute atomic E-state index is 14.2. The van der Waals surface area contributed by atoms with Crippen molar-refractivity contribution in [3.8, 4) is 0 Å². The van der Waals surface area contributed by atoms with E-state index in [1.165, 1.54) is 12.1 Å². The first-order chi connectivity index (χ1) is 9.56. The largest absolute Gasteiger partial charge is 0.337 e. The van der Waals surface area contributed by atoms with Crippen LogP contribution in [0.4, 0.5) is 20.2 Å². The van der Waals surface area contributed by atoms with E-state index in [0.29, 0.717) is 17.4 Å². The maximum atomic E-state index is 14.2. The molecule has 2 rings (SSSR count). The van der Waals surface area contributed by atoms with Crippen LogP contribution >= 0.6 is 15.9 Å². The van der Waals surface area contributed by atoms with E-state index >= 15 is 0 Å². The highest BCUT2D eigenvalue weighted by Gasteiger charge is 2.18. The van der Waals surface area contributed by atoms with E-state index in [2.05, 4.69) is 15.9 Å². The van der Waals surface area contributed by atoms with Crippen molar-refractivity contribution < 1.29 is 8.78 Å². The molecule has 0 amide bonds. The monoisotopic (exact) mass is 339 g/mol. The van der Waals surface area contributed by atoms with E-state index in [1.807, 2.05) is 38.1 Å². The Bertz CT molecular complexity index is 573. The van der Waals surface area contributed by atoms with Gasteiger partial charge in [-0.05, 0) is 43.7 Å². The van der Waals surface area contributed by atoms with Crippen LogP contribution in [0.15, 0.2) is 36.4 Å². The number of alkyl halides is 1. The smallest absolute Gasteiger partial charge is 0.150 e. The van der Waals surface area contributed by atoms with Crippen LogP contribution in [-0.4, -0.2) is 6.54 Å². The molecular weight excluding hydrogens is 324 g/mol. The third-order valence-electron chi connectivity index (χ3n) is 3.16. The van der Waals surface area contributed by atoms with Gasteiger partial charge in [0.05, 0.1) is 0 Å². The first-order valence-electron chi connectivity index (χ1n) is 6.45. The first-order valence-corrected chi connectivity index (χ1v) is 7.57. The number of aryl methyl sites for hydroxylation is 1. The molecular formula is C16H16BrF2N. The van der Waals surface area contributed by atoms with Crippen LogP contribution in [-0.2, 0) is 5.33 Å². The maximum Gasteiger partial charge on any atom is 0.150 e. The minimum atomic E-state index is -0.540. The highest BCUT2D eigenvalue weighted by Crippen LogP contribution is 2.31. The summed E-state index contributed by atoms with van der Waals surface area (Å²) in [6.45, 7) is 4.34. The summed E-state index contributed by atoms with van der Waals surface area (Å²) in [6, 6.07) is 10.3. The average molecular weight is 340 g/mol. The molecule has 2 aromatic rings. The Morgan fingerprint density at radius 2 is 1.60 bits per heavy atom. The Kier molecular flexibility index (Phi) is 4.76. The van der Waals surface area contributed by atoms with Crippen LogP contribution in [0.2, 0.25) is 0 Å². The number of nitrogens with zero attached hydrogens (tertiary/aromatic N) is 1. The molecule has 4 heteroatoms. The van der Waals surface area contributed by atoms with Crippen LogP contribution < -0.4 is 4.90 Å². The summed E-state index contributed by atoms with van der Waals surface area (Å²) in [6.07, 6.45) is 0. The van der Waals surface area contributed by atoms with Gasteiger partial charge in [-0.2, -0.15) is 0 Å². The van der Waals surface area contributed by atoms with Gasteiger partial charge in [-0.15, -0.1) is 0 Å². The topological polar surface area (TPSA) is 3.24 Å². The number of halogens is 3. The normalized spacial score (nSPS) is 10.7. The molecule has 0 aliphatic heterocycles. The highest BCUT2D eigenvalue weighted by molar-refractivity contribution is 9.08. The van der Waals surface area contributed by atoms with Gasteiger partial charge in [0.15, 0.2) is 0 Å². The van der Waals surface area contributed by atoms with Gasteiger partial charge in [-0.25, -0.2) is 8.78 Å². The summed E-state index contributed by atoms with van der Waals surface area (Å²) in [7, 11) is 0. The molecule has 20 heavy (non-hydrogen) atoms. The molecule has 0 unspecified atom stereocenters. The predicted octanol–water partition coefficient (Wildman–Crippen LogP) is 5.33. The van der Waals surface area contributed by atoms with Gasteiger partial charge in [0.25, 0.3) is 0 Å². The summed E-state index contributed by atoms with van der Waals surface area (Å²) >= 11 is 3.21. The quantitative estimate of drug-likeness (QED) is 0.681. The fourth-order valence-electron chi connectivity index (χ4n) is 2.15. The fraction of sp³-hybridized carbons (Fsp3) is 0.250. The van der Waals surface area contributed by atoms with Crippen molar-refractivity contribution in [2.75, 3.05) is 11.4 Å². The lowest BCUT2D eigenvalue weighted by atomic mass is 10.1. The first kappa shape index (κ1) is 15.0.